The Morgan fingerprint density at radius 1 is 1.06 bits per heavy atom. The highest BCUT2D eigenvalue weighted by molar-refractivity contribution is 5.41. The first-order chi connectivity index (χ1) is 8.34. The lowest BCUT2D eigenvalue weighted by atomic mass is 9.90. The Kier molecular flexibility index (Phi) is 6.53. The number of hydrogen-bond donors (Lipinski definition) is 1. The van der Waals surface area contributed by atoms with Crippen LogP contribution in [-0.2, 0) is 0 Å². The first kappa shape index (κ1) is 13.9. The van der Waals surface area contributed by atoms with E-state index >= 15 is 0 Å². The van der Waals surface area contributed by atoms with Gasteiger partial charge >= 0.3 is 0 Å². The van der Waals surface area contributed by atoms with Crippen LogP contribution in [0.1, 0.15) is 46.0 Å². The maximum atomic E-state index is 5.74. The second-order valence-electron chi connectivity index (χ2n) is 4.38. The Morgan fingerprint density at radius 2 is 1.65 bits per heavy atom. The van der Waals surface area contributed by atoms with Crippen molar-refractivity contribution in [2.75, 3.05) is 12.3 Å². The third-order valence-electron chi connectivity index (χ3n) is 3.09. The Balaban J connectivity index is 0.000000686. The molecule has 0 atom stereocenters. The molecule has 2 rings (SSSR count). The van der Waals surface area contributed by atoms with E-state index < -0.39 is 0 Å². The first-order valence-corrected chi connectivity index (χ1v) is 6.83. The van der Waals surface area contributed by atoms with Gasteiger partial charge in [0, 0.05) is 5.69 Å². The van der Waals surface area contributed by atoms with Crippen LogP contribution in [0.25, 0.3) is 0 Å². The highest BCUT2D eigenvalue weighted by atomic mass is 16.5. The van der Waals surface area contributed by atoms with Crippen LogP contribution in [0.4, 0.5) is 5.69 Å². The fraction of sp³-hybridized carbons (Fsp3) is 0.600. The molecular weight excluding hydrogens is 210 g/mol. The van der Waals surface area contributed by atoms with Crippen molar-refractivity contribution in [1.29, 1.82) is 0 Å². The lowest BCUT2D eigenvalue weighted by molar-refractivity contribution is 0.209. The molecule has 0 aromatic heterocycles. The summed E-state index contributed by atoms with van der Waals surface area (Å²) in [5.74, 6) is 1.70. The van der Waals surface area contributed by atoms with E-state index in [4.69, 9.17) is 10.5 Å². The van der Waals surface area contributed by atoms with Crippen molar-refractivity contribution in [3.05, 3.63) is 24.3 Å². The van der Waals surface area contributed by atoms with Gasteiger partial charge in [0.25, 0.3) is 0 Å². The average Bonchev–Trinajstić information content (AvgIpc) is 2.42. The van der Waals surface area contributed by atoms with Gasteiger partial charge in [-0.3, -0.25) is 0 Å². The summed E-state index contributed by atoms with van der Waals surface area (Å²) in [7, 11) is 0. The normalized spacial score (nSPS) is 15.9. The highest BCUT2D eigenvalue weighted by Gasteiger charge is 2.13. The predicted molar refractivity (Wildman–Crippen MR) is 74.3 cm³/mol. The van der Waals surface area contributed by atoms with E-state index in [-0.39, 0.29) is 0 Å². The minimum Gasteiger partial charge on any atom is -0.493 e. The van der Waals surface area contributed by atoms with Crippen molar-refractivity contribution >= 4 is 5.69 Å². The molecule has 0 amide bonds. The molecule has 1 saturated carbocycles. The SMILES string of the molecule is CC.Nc1ccc(OCC2CCCCC2)cc1. The molecule has 0 spiro atoms. The fourth-order valence-corrected chi connectivity index (χ4v) is 2.13. The summed E-state index contributed by atoms with van der Waals surface area (Å²) < 4.78 is 5.74. The smallest absolute Gasteiger partial charge is 0.119 e. The van der Waals surface area contributed by atoms with Crippen LogP contribution in [0.5, 0.6) is 5.75 Å². The molecule has 0 unspecified atom stereocenters. The van der Waals surface area contributed by atoms with Crippen molar-refractivity contribution in [1.82, 2.24) is 0 Å². The van der Waals surface area contributed by atoms with Gasteiger partial charge in [-0.2, -0.15) is 0 Å². The summed E-state index contributed by atoms with van der Waals surface area (Å²) in [6.07, 6.45) is 6.80. The van der Waals surface area contributed by atoms with Gasteiger partial charge in [-0.25, -0.2) is 0 Å². The van der Waals surface area contributed by atoms with Gasteiger partial charge in [0.15, 0.2) is 0 Å². The molecule has 0 heterocycles. The van der Waals surface area contributed by atoms with Crippen LogP contribution in [-0.4, -0.2) is 6.61 Å². The van der Waals surface area contributed by atoms with E-state index in [1.165, 1.54) is 32.1 Å². The average molecular weight is 235 g/mol. The zero-order valence-electron chi connectivity index (χ0n) is 11.1. The number of ether oxygens (including phenoxy) is 1. The standard InChI is InChI=1S/C13H19NO.C2H6/c14-12-6-8-13(9-7-12)15-10-11-4-2-1-3-5-11;1-2/h6-9,11H,1-5,10,14H2;1-2H3. The van der Waals surface area contributed by atoms with Gasteiger partial charge < -0.3 is 10.5 Å². The summed E-state index contributed by atoms with van der Waals surface area (Å²) >= 11 is 0. The Bertz CT molecular complexity index is 288. The van der Waals surface area contributed by atoms with Crippen molar-refractivity contribution in [3.8, 4) is 5.75 Å². The first-order valence-electron chi connectivity index (χ1n) is 6.83. The van der Waals surface area contributed by atoms with Crippen molar-refractivity contribution in [2.45, 2.75) is 46.0 Å². The zero-order chi connectivity index (χ0) is 12.5. The van der Waals surface area contributed by atoms with E-state index in [2.05, 4.69) is 0 Å². The summed E-state index contributed by atoms with van der Waals surface area (Å²) in [4.78, 5) is 0. The highest BCUT2D eigenvalue weighted by Crippen LogP contribution is 2.24. The maximum Gasteiger partial charge on any atom is 0.119 e. The summed E-state index contributed by atoms with van der Waals surface area (Å²) in [5, 5.41) is 0. The van der Waals surface area contributed by atoms with Crippen LogP contribution in [0, 0.1) is 5.92 Å². The lowest BCUT2D eigenvalue weighted by Crippen LogP contribution is -2.15. The van der Waals surface area contributed by atoms with E-state index in [1.54, 1.807) is 0 Å². The van der Waals surface area contributed by atoms with Crippen LogP contribution in [0.3, 0.4) is 0 Å². The Hall–Kier alpha value is -1.18. The van der Waals surface area contributed by atoms with Crippen molar-refractivity contribution in [3.63, 3.8) is 0 Å². The molecule has 17 heavy (non-hydrogen) atoms. The Morgan fingerprint density at radius 3 is 2.24 bits per heavy atom. The van der Waals surface area contributed by atoms with Gasteiger partial charge in [0.05, 0.1) is 6.61 Å². The van der Waals surface area contributed by atoms with Gasteiger partial charge in [0.1, 0.15) is 5.75 Å². The van der Waals surface area contributed by atoms with Gasteiger partial charge in [-0.05, 0) is 43.0 Å². The number of benzene rings is 1. The minimum atomic E-state index is 0.760. The summed E-state index contributed by atoms with van der Waals surface area (Å²) in [5.41, 5.74) is 6.40. The topological polar surface area (TPSA) is 35.2 Å². The maximum absolute atomic E-state index is 5.74. The molecule has 1 fully saturated rings. The monoisotopic (exact) mass is 235 g/mol. The molecule has 2 N–H and O–H groups in total. The van der Waals surface area contributed by atoms with E-state index in [0.717, 1.165) is 24.0 Å². The van der Waals surface area contributed by atoms with E-state index in [0.29, 0.717) is 0 Å². The van der Waals surface area contributed by atoms with Crippen molar-refractivity contribution < 1.29 is 4.74 Å². The number of nitrogens with two attached hydrogens (primary N) is 1. The number of rotatable bonds is 3. The molecule has 1 aliphatic rings. The third-order valence-corrected chi connectivity index (χ3v) is 3.09. The Labute approximate surface area is 105 Å². The summed E-state index contributed by atoms with van der Waals surface area (Å²) in [6.45, 7) is 4.86. The largest absolute Gasteiger partial charge is 0.493 e. The molecule has 0 aliphatic heterocycles. The second-order valence-corrected chi connectivity index (χ2v) is 4.38. The molecule has 0 saturated heterocycles. The molecule has 0 bridgehead atoms. The van der Waals surface area contributed by atoms with E-state index in [1.807, 2.05) is 38.1 Å². The molecule has 1 aliphatic carbocycles. The third kappa shape index (κ3) is 5.12. The fourth-order valence-electron chi connectivity index (χ4n) is 2.13. The number of nitrogen functional groups attached to an aromatic ring is 1. The van der Waals surface area contributed by atoms with Crippen LogP contribution >= 0.6 is 0 Å². The molecule has 2 nitrogen and oxygen atoms in total. The predicted octanol–water partition coefficient (Wildman–Crippen LogP) is 4.25. The molecular formula is C15H25NO. The van der Waals surface area contributed by atoms with Crippen LogP contribution < -0.4 is 10.5 Å². The minimum absolute atomic E-state index is 0.760. The molecule has 0 radical (unpaired) electrons. The van der Waals surface area contributed by atoms with Gasteiger partial charge in [-0.1, -0.05) is 33.1 Å². The molecule has 96 valence electrons. The van der Waals surface area contributed by atoms with Crippen molar-refractivity contribution in [2.24, 2.45) is 5.92 Å². The molecule has 2 heteroatoms. The number of hydrogen-bond acceptors (Lipinski definition) is 2. The van der Waals surface area contributed by atoms with Crippen LogP contribution in [0.15, 0.2) is 24.3 Å². The second kappa shape index (κ2) is 7.99. The quantitative estimate of drug-likeness (QED) is 0.795. The van der Waals surface area contributed by atoms with Gasteiger partial charge in [0.2, 0.25) is 0 Å². The zero-order valence-corrected chi connectivity index (χ0v) is 11.1. The lowest BCUT2D eigenvalue weighted by Gasteiger charge is -2.21. The summed E-state index contributed by atoms with van der Waals surface area (Å²) in [6, 6.07) is 7.66. The van der Waals surface area contributed by atoms with Crippen LogP contribution in [0.2, 0.25) is 0 Å². The molecule has 1 aromatic carbocycles. The number of anilines is 1. The molecule has 1 aromatic rings. The van der Waals surface area contributed by atoms with E-state index in [9.17, 15) is 0 Å². The van der Waals surface area contributed by atoms with Gasteiger partial charge in [-0.15, -0.1) is 0 Å².